The van der Waals surface area contributed by atoms with Crippen LogP contribution in [0.15, 0.2) is 42.5 Å². The summed E-state index contributed by atoms with van der Waals surface area (Å²) in [5.41, 5.74) is -0.0817. The highest BCUT2D eigenvalue weighted by molar-refractivity contribution is 6.39. The van der Waals surface area contributed by atoms with Gasteiger partial charge in [0.05, 0.1) is 26.2 Å². The van der Waals surface area contributed by atoms with Crippen molar-refractivity contribution in [3.05, 3.63) is 68.2 Å². The van der Waals surface area contributed by atoms with Crippen LogP contribution < -0.4 is 5.32 Å². The maximum Gasteiger partial charge on any atom is 0.338 e. The summed E-state index contributed by atoms with van der Waals surface area (Å²) in [5, 5.41) is 13.6. The normalized spacial score (nSPS) is 10.1. The number of hydrogen-bond donors (Lipinski definition) is 1. The molecule has 0 spiro atoms. The summed E-state index contributed by atoms with van der Waals surface area (Å²) in [7, 11) is 0. The first kappa shape index (κ1) is 17.7. The minimum atomic E-state index is -0.862. The van der Waals surface area contributed by atoms with Crippen LogP contribution in [-0.4, -0.2) is 23.4 Å². The van der Waals surface area contributed by atoms with E-state index < -0.39 is 23.4 Å². The van der Waals surface area contributed by atoms with Gasteiger partial charge in [-0.15, -0.1) is 0 Å². The van der Waals surface area contributed by atoms with Crippen LogP contribution in [0.25, 0.3) is 0 Å². The Hall–Kier alpha value is -2.64. The third-order valence-corrected chi connectivity index (χ3v) is 3.48. The zero-order valence-electron chi connectivity index (χ0n) is 12.0. The summed E-state index contributed by atoms with van der Waals surface area (Å²) in [6.07, 6.45) is 0. The molecule has 0 aliphatic heterocycles. The van der Waals surface area contributed by atoms with Crippen molar-refractivity contribution in [2.45, 2.75) is 0 Å². The number of nitro groups is 1. The van der Waals surface area contributed by atoms with Crippen LogP contribution in [0.3, 0.4) is 0 Å². The summed E-state index contributed by atoms with van der Waals surface area (Å²) >= 11 is 11.8. The Balaban J connectivity index is 1.98. The number of nitrogens with one attached hydrogen (secondary N) is 1. The second-order valence-corrected chi connectivity index (χ2v) is 5.34. The van der Waals surface area contributed by atoms with Crippen molar-refractivity contribution in [2.75, 3.05) is 11.9 Å². The molecule has 1 amide bonds. The number of ether oxygens (including phenoxy) is 1. The molecule has 0 fully saturated rings. The molecule has 1 N–H and O–H groups in total. The van der Waals surface area contributed by atoms with Crippen LogP contribution in [0.5, 0.6) is 0 Å². The van der Waals surface area contributed by atoms with Crippen LogP contribution in [0.4, 0.5) is 11.4 Å². The molecule has 0 aromatic heterocycles. The van der Waals surface area contributed by atoms with E-state index in [1.54, 1.807) is 6.07 Å². The number of halogens is 2. The van der Waals surface area contributed by atoms with E-state index in [1.165, 1.54) is 30.3 Å². The fourth-order valence-electron chi connectivity index (χ4n) is 1.75. The van der Waals surface area contributed by atoms with Crippen LogP contribution in [0.1, 0.15) is 10.4 Å². The maximum absolute atomic E-state index is 11.8. The lowest BCUT2D eigenvalue weighted by Crippen LogP contribution is -2.21. The largest absolute Gasteiger partial charge is 0.452 e. The fourth-order valence-corrected chi connectivity index (χ4v) is 2.25. The molecule has 0 saturated heterocycles. The van der Waals surface area contributed by atoms with E-state index in [-0.39, 0.29) is 27.0 Å². The second kappa shape index (κ2) is 7.76. The van der Waals surface area contributed by atoms with Crippen molar-refractivity contribution >= 4 is 46.5 Å². The molecule has 0 radical (unpaired) electrons. The summed E-state index contributed by atoms with van der Waals surface area (Å²) in [5.74, 6) is -1.51. The first-order chi connectivity index (χ1) is 11.4. The van der Waals surface area contributed by atoms with Crippen LogP contribution in [0, 0.1) is 10.1 Å². The molecule has 0 aliphatic carbocycles. The predicted octanol–water partition coefficient (Wildman–Crippen LogP) is 3.70. The third kappa shape index (κ3) is 4.43. The highest BCUT2D eigenvalue weighted by Gasteiger charge is 2.15. The van der Waals surface area contributed by atoms with E-state index in [0.717, 1.165) is 6.07 Å². The topological polar surface area (TPSA) is 98.5 Å². The number of non-ortho nitro benzene ring substituents is 1. The number of anilines is 1. The van der Waals surface area contributed by atoms with E-state index in [2.05, 4.69) is 5.32 Å². The van der Waals surface area contributed by atoms with Gasteiger partial charge in [0.25, 0.3) is 11.6 Å². The average molecular weight is 369 g/mol. The lowest BCUT2D eigenvalue weighted by atomic mass is 10.2. The minimum absolute atomic E-state index is 0.0345. The lowest BCUT2D eigenvalue weighted by Gasteiger charge is -2.09. The van der Waals surface area contributed by atoms with Crippen LogP contribution >= 0.6 is 23.2 Å². The Bertz CT molecular complexity index is 790. The van der Waals surface area contributed by atoms with Gasteiger partial charge in [-0.2, -0.15) is 0 Å². The van der Waals surface area contributed by atoms with Crippen molar-refractivity contribution in [3.8, 4) is 0 Å². The first-order valence-corrected chi connectivity index (χ1v) is 7.29. The highest BCUT2D eigenvalue weighted by Crippen LogP contribution is 2.29. The minimum Gasteiger partial charge on any atom is -0.452 e. The average Bonchev–Trinajstić information content (AvgIpc) is 2.56. The van der Waals surface area contributed by atoms with Crippen molar-refractivity contribution in [1.82, 2.24) is 0 Å². The van der Waals surface area contributed by atoms with Gasteiger partial charge in [0, 0.05) is 12.1 Å². The molecule has 0 heterocycles. The highest BCUT2D eigenvalue weighted by atomic mass is 35.5. The third-order valence-electron chi connectivity index (χ3n) is 2.85. The molecule has 0 unspecified atom stereocenters. The number of nitrogens with zero attached hydrogens (tertiary/aromatic N) is 1. The number of hydrogen-bond acceptors (Lipinski definition) is 5. The molecule has 7 nitrogen and oxygen atoms in total. The molecule has 0 bridgehead atoms. The number of amides is 1. The van der Waals surface area contributed by atoms with Crippen molar-refractivity contribution in [2.24, 2.45) is 0 Å². The number of para-hydroxylation sites is 1. The number of nitro benzene ring substituents is 1. The molecule has 2 aromatic rings. The quantitative estimate of drug-likeness (QED) is 0.492. The number of rotatable bonds is 5. The van der Waals surface area contributed by atoms with E-state index >= 15 is 0 Å². The predicted molar refractivity (Wildman–Crippen MR) is 88.5 cm³/mol. The van der Waals surface area contributed by atoms with E-state index in [9.17, 15) is 19.7 Å². The van der Waals surface area contributed by atoms with Gasteiger partial charge in [0.1, 0.15) is 0 Å². The Morgan fingerprint density at radius 3 is 2.38 bits per heavy atom. The maximum atomic E-state index is 11.8. The van der Waals surface area contributed by atoms with Gasteiger partial charge in [0.2, 0.25) is 0 Å². The number of carbonyl (C=O) groups is 2. The Morgan fingerprint density at radius 2 is 1.75 bits per heavy atom. The van der Waals surface area contributed by atoms with E-state index in [4.69, 9.17) is 27.9 Å². The zero-order valence-corrected chi connectivity index (χ0v) is 13.5. The summed E-state index contributed by atoms with van der Waals surface area (Å²) in [4.78, 5) is 33.7. The van der Waals surface area contributed by atoms with Crippen molar-refractivity contribution in [3.63, 3.8) is 0 Å². The SMILES string of the molecule is O=C(COC(=O)c1cccc([N+](=O)[O-])c1)Nc1c(Cl)cccc1Cl. The van der Waals surface area contributed by atoms with Crippen molar-refractivity contribution < 1.29 is 19.2 Å². The molecule has 0 aliphatic rings. The van der Waals surface area contributed by atoms with Crippen LogP contribution in [-0.2, 0) is 9.53 Å². The summed E-state index contributed by atoms with van der Waals surface area (Å²) in [6, 6.07) is 9.68. The van der Waals surface area contributed by atoms with E-state index in [0.29, 0.717) is 0 Å². The lowest BCUT2D eigenvalue weighted by molar-refractivity contribution is -0.384. The van der Waals surface area contributed by atoms with Gasteiger partial charge >= 0.3 is 5.97 Å². The van der Waals surface area contributed by atoms with Gasteiger partial charge in [-0.05, 0) is 18.2 Å². The number of benzene rings is 2. The second-order valence-electron chi connectivity index (χ2n) is 4.53. The molecule has 2 rings (SSSR count). The van der Waals surface area contributed by atoms with Crippen molar-refractivity contribution in [1.29, 1.82) is 0 Å². The van der Waals surface area contributed by atoms with Gasteiger partial charge in [-0.25, -0.2) is 4.79 Å². The number of esters is 1. The smallest absolute Gasteiger partial charge is 0.338 e. The number of carbonyl (C=O) groups excluding carboxylic acids is 2. The Morgan fingerprint density at radius 1 is 1.12 bits per heavy atom. The van der Waals surface area contributed by atoms with Gasteiger partial charge in [-0.3, -0.25) is 14.9 Å². The standard InChI is InChI=1S/C15H10Cl2N2O5/c16-11-5-2-6-12(17)14(11)18-13(20)8-24-15(21)9-3-1-4-10(7-9)19(22)23/h1-7H,8H2,(H,18,20). The summed E-state index contributed by atoms with van der Waals surface area (Å²) < 4.78 is 4.82. The van der Waals surface area contributed by atoms with Crippen LogP contribution in [0.2, 0.25) is 10.0 Å². The molecule has 0 saturated carbocycles. The monoisotopic (exact) mass is 368 g/mol. The molecular formula is C15H10Cl2N2O5. The van der Waals surface area contributed by atoms with Gasteiger partial charge in [0.15, 0.2) is 6.61 Å². The Labute approximate surface area is 146 Å². The van der Waals surface area contributed by atoms with Gasteiger partial charge in [-0.1, -0.05) is 35.3 Å². The Kier molecular flexibility index (Phi) is 5.73. The zero-order chi connectivity index (χ0) is 17.7. The molecule has 24 heavy (non-hydrogen) atoms. The first-order valence-electron chi connectivity index (χ1n) is 6.54. The molecule has 2 aromatic carbocycles. The molecule has 9 heteroatoms. The molecular weight excluding hydrogens is 359 g/mol. The van der Waals surface area contributed by atoms with E-state index in [1.807, 2.05) is 0 Å². The van der Waals surface area contributed by atoms with Gasteiger partial charge < -0.3 is 10.1 Å². The molecule has 124 valence electrons. The summed E-state index contributed by atoms with van der Waals surface area (Å²) in [6.45, 7) is -0.594. The fraction of sp³-hybridized carbons (Fsp3) is 0.0667. The molecule has 0 atom stereocenters.